The van der Waals surface area contributed by atoms with Crippen molar-refractivity contribution in [2.75, 3.05) is 5.32 Å². The van der Waals surface area contributed by atoms with E-state index in [4.69, 9.17) is 0 Å². The first-order valence-corrected chi connectivity index (χ1v) is 8.44. The van der Waals surface area contributed by atoms with Crippen LogP contribution >= 0.6 is 0 Å². The highest BCUT2D eigenvalue weighted by atomic mass is 16.3. The Labute approximate surface area is 154 Å². The standard InChI is InChI=1S/C19H18N6O2/c1-11-6-18(22-12(2)21-11)23-17-8-16-15(9-20-17)19(27)24-25(16)14-5-3-4-13(7-14)10-26/h3-9,26H,10H2,1-2H3,(H,24,27)(H,20,21,22,23). The number of H-pyrrole nitrogens is 1. The van der Waals surface area contributed by atoms with Crippen molar-refractivity contribution in [1.82, 2.24) is 24.7 Å². The third-order valence-corrected chi connectivity index (χ3v) is 4.15. The van der Waals surface area contributed by atoms with Gasteiger partial charge in [-0.3, -0.25) is 14.6 Å². The Morgan fingerprint density at radius 1 is 1.15 bits per heavy atom. The van der Waals surface area contributed by atoms with Gasteiger partial charge in [-0.25, -0.2) is 15.0 Å². The van der Waals surface area contributed by atoms with Gasteiger partial charge in [-0.1, -0.05) is 12.1 Å². The molecule has 27 heavy (non-hydrogen) atoms. The lowest BCUT2D eigenvalue weighted by molar-refractivity contribution is 0.282. The quantitative estimate of drug-likeness (QED) is 0.514. The SMILES string of the molecule is Cc1cc(Nc2cc3c(cn2)c(=O)[nH]n3-c2cccc(CO)c2)nc(C)n1. The summed E-state index contributed by atoms with van der Waals surface area (Å²) in [5.74, 6) is 1.86. The number of hydrogen-bond acceptors (Lipinski definition) is 6. The van der Waals surface area contributed by atoms with Gasteiger partial charge in [0.05, 0.1) is 23.2 Å². The molecule has 0 aliphatic heterocycles. The first kappa shape index (κ1) is 16.9. The fourth-order valence-electron chi connectivity index (χ4n) is 3.00. The second-order valence-electron chi connectivity index (χ2n) is 6.26. The summed E-state index contributed by atoms with van der Waals surface area (Å²) >= 11 is 0. The van der Waals surface area contributed by atoms with Crippen molar-refractivity contribution in [1.29, 1.82) is 0 Å². The van der Waals surface area contributed by atoms with Crippen molar-refractivity contribution >= 4 is 22.5 Å². The number of rotatable bonds is 4. The Morgan fingerprint density at radius 3 is 2.78 bits per heavy atom. The van der Waals surface area contributed by atoms with Crippen LogP contribution in [0.1, 0.15) is 17.1 Å². The van der Waals surface area contributed by atoms with Crippen molar-refractivity contribution in [3.63, 3.8) is 0 Å². The van der Waals surface area contributed by atoms with Crippen molar-refractivity contribution in [3.8, 4) is 5.69 Å². The number of aryl methyl sites for hydroxylation is 2. The molecule has 8 heteroatoms. The summed E-state index contributed by atoms with van der Waals surface area (Å²) in [6.07, 6.45) is 1.53. The number of aromatic amines is 1. The molecule has 4 rings (SSSR count). The van der Waals surface area contributed by atoms with Crippen LogP contribution in [0.5, 0.6) is 0 Å². The number of benzene rings is 1. The van der Waals surface area contributed by atoms with Crippen LogP contribution in [0.25, 0.3) is 16.6 Å². The lowest BCUT2D eigenvalue weighted by atomic mass is 10.2. The topological polar surface area (TPSA) is 109 Å². The molecule has 0 saturated carbocycles. The molecule has 3 heterocycles. The number of anilines is 2. The average Bonchev–Trinajstić information content (AvgIpc) is 2.97. The van der Waals surface area contributed by atoms with Crippen LogP contribution in [0.2, 0.25) is 0 Å². The normalized spacial score (nSPS) is 11.1. The molecule has 0 bridgehead atoms. The molecule has 0 atom stereocenters. The van der Waals surface area contributed by atoms with Crippen molar-refractivity contribution < 1.29 is 5.11 Å². The summed E-state index contributed by atoms with van der Waals surface area (Å²) in [6.45, 7) is 3.65. The summed E-state index contributed by atoms with van der Waals surface area (Å²) in [5.41, 5.74) is 2.81. The number of pyridine rings is 1. The largest absolute Gasteiger partial charge is 0.392 e. The molecule has 3 N–H and O–H groups in total. The molecule has 0 fully saturated rings. The molecule has 136 valence electrons. The molecule has 0 amide bonds. The molecule has 4 aromatic rings. The number of aromatic nitrogens is 5. The van der Waals surface area contributed by atoms with E-state index in [1.807, 2.05) is 44.2 Å². The highest BCUT2D eigenvalue weighted by Gasteiger charge is 2.11. The Kier molecular flexibility index (Phi) is 4.17. The zero-order chi connectivity index (χ0) is 19.0. The van der Waals surface area contributed by atoms with E-state index in [9.17, 15) is 9.90 Å². The van der Waals surface area contributed by atoms with Crippen molar-refractivity contribution in [3.05, 3.63) is 70.0 Å². The number of nitrogens with one attached hydrogen (secondary N) is 2. The monoisotopic (exact) mass is 362 g/mol. The van der Waals surface area contributed by atoms with E-state index in [1.54, 1.807) is 10.7 Å². The highest BCUT2D eigenvalue weighted by molar-refractivity contribution is 5.82. The molecule has 1 aromatic carbocycles. The average molecular weight is 362 g/mol. The molecule has 0 aliphatic rings. The van der Waals surface area contributed by atoms with E-state index < -0.39 is 0 Å². The predicted molar refractivity (Wildman–Crippen MR) is 102 cm³/mol. The summed E-state index contributed by atoms with van der Waals surface area (Å²) in [7, 11) is 0. The number of nitrogens with zero attached hydrogens (tertiary/aromatic N) is 4. The first-order valence-electron chi connectivity index (χ1n) is 8.44. The van der Waals surface area contributed by atoms with Gasteiger partial charge in [0.1, 0.15) is 17.5 Å². The van der Waals surface area contributed by atoms with Gasteiger partial charge in [-0.15, -0.1) is 0 Å². The van der Waals surface area contributed by atoms with E-state index in [0.29, 0.717) is 28.4 Å². The summed E-state index contributed by atoms with van der Waals surface area (Å²) in [5, 5.41) is 15.8. The third kappa shape index (κ3) is 3.30. The van der Waals surface area contributed by atoms with E-state index >= 15 is 0 Å². The molecular formula is C19H18N6O2. The molecule has 0 spiro atoms. The van der Waals surface area contributed by atoms with Gasteiger partial charge in [0.15, 0.2) is 0 Å². The fourth-order valence-corrected chi connectivity index (χ4v) is 3.00. The fraction of sp³-hybridized carbons (Fsp3) is 0.158. The van der Waals surface area contributed by atoms with E-state index in [2.05, 4.69) is 25.4 Å². The lowest BCUT2D eigenvalue weighted by Gasteiger charge is -2.09. The van der Waals surface area contributed by atoms with Crippen LogP contribution in [0, 0.1) is 13.8 Å². The minimum Gasteiger partial charge on any atom is -0.392 e. The van der Waals surface area contributed by atoms with Crippen molar-refractivity contribution in [2.45, 2.75) is 20.5 Å². The van der Waals surface area contributed by atoms with Gasteiger partial charge in [0, 0.05) is 24.0 Å². The number of aliphatic hydroxyl groups excluding tert-OH is 1. The minimum atomic E-state index is -0.229. The molecular weight excluding hydrogens is 344 g/mol. The van der Waals surface area contributed by atoms with Crippen LogP contribution in [0.15, 0.2) is 47.4 Å². The Hall–Kier alpha value is -3.52. The van der Waals surface area contributed by atoms with Crippen LogP contribution in [-0.2, 0) is 6.61 Å². The Morgan fingerprint density at radius 2 is 2.00 bits per heavy atom. The minimum absolute atomic E-state index is 0.0714. The van der Waals surface area contributed by atoms with Crippen LogP contribution < -0.4 is 10.9 Å². The highest BCUT2D eigenvalue weighted by Crippen LogP contribution is 2.21. The van der Waals surface area contributed by atoms with Gasteiger partial charge in [-0.05, 0) is 31.5 Å². The maximum atomic E-state index is 12.3. The summed E-state index contributed by atoms with van der Waals surface area (Å²) < 4.78 is 1.68. The zero-order valence-corrected chi connectivity index (χ0v) is 14.9. The van der Waals surface area contributed by atoms with Gasteiger partial charge in [0.25, 0.3) is 5.56 Å². The molecule has 0 radical (unpaired) electrons. The lowest BCUT2D eigenvalue weighted by Crippen LogP contribution is -2.04. The molecule has 0 aliphatic carbocycles. The number of aliphatic hydroxyl groups is 1. The van der Waals surface area contributed by atoms with E-state index in [1.165, 1.54) is 6.20 Å². The maximum Gasteiger partial charge on any atom is 0.273 e. The van der Waals surface area contributed by atoms with Gasteiger partial charge in [-0.2, -0.15) is 0 Å². The van der Waals surface area contributed by atoms with E-state index in [-0.39, 0.29) is 12.2 Å². The number of fused-ring (bicyclic) bond motifs is 1. The Balaban J connectivity index is 1.80. The first-order chi connectivity index (χ1) is 13.0. The van der Waals surface area contributed by atoms with Crippen LogP contribution in [0.3, 0.4) is 0 Å². The van der Waals surface area contributed by atoms with Crippen LogP contribution in [-0.4, -0.2) is 29.8 Å². The third-order valence-electron chi connectivity index (χ3n) is 4.15. The Bertz CT molecular complexity index is 1170. The maximum absolute atomic E-state index is 12.3. The zero-order valence-electron chi connectivity index (χ0n) is 14.9. The molecule has 0 saturated heterocycles. The molecule has 3 aromatic heterocycles. The second-order valence-corrected chi connectivity index (χ2v) is 6.26. The van der Waals surface area contributed by atoms with Gasteiger partial charge in [0.2, 0.25) is 0 Å². The predicted octanol–water partition coefficient (Wildman–Crippen LogP) is 2.36. The molecule has 8 nitrogen and oxygen atoms in total. The van der Waals surface area contributed by atoms with Crippen molar-refractivity contribution in [2.24, 2.45) is 0 Å². The van der Waals surface area contributed by atoms with Gasteiger partial charge < -0.3 is 10.4 Å². The van der Waals surface area contributed by atoms with E-state index in [0.717, 1.165) is 16.9 Å². The second kappa shape index (κ2) is 6.65. The van der Waals surface area contributed by atoms with Crippen LogP contribution in [0.4, 0.5) is 11.6 Å². The number of hydrogen-bond donors (Lipinski definition) is 3. The van der Waals surface area contributed by atoms with Gasteiger partial charge >= 0.3 is 0 Å². The summed E-state index contributed by atoms with van der Waals surface area (Å²) in [6, 6.07) is 10.9. The molecule has 0 unspecified atom stereocenters. The smallest absolute Gasteiger partial charge is 0.273 e. The summed E-state index contributed by atoms with van der Waals surface area (Å²) in [4.78, 5) is 25.2.